The number of rotatable bonds is 9. The van der Waals surface area contributed by atoms with Crippen molar-refractivity contribution in [2.75, 3.05) is 26.2 Å². The van der Waals surface area contributed by atoms with Crippen molar-refractivity contribution in [3.05, 3.63) is 0 Å². The highest BCUT2D eigenvalue weighted by atomic mass is 16.3. The highest BCUT2D eigenvalue weighted by Gasteiger charge is 2.15. The molecular formula is C14H29N3O3. The molecular weight excluding hydrogens is 258 g/mol. The van der Waals surface area contributed by atoms with E-state index in [9.17, 15) is 9.59 Å². The second kappa shape index (κ2) is 10.6. The summed E-state index contributed by atoms with van der Waals surface area (Å²) in [4.78, 5) is 25.2. The van der Waals surface area contributed by atoms with Gasteiger partial charge in [0.15, 0.2) is 0 Å². The van der Waals surface area contributed by atoms with Crippen LogP contribution in [0.5, 0.6) is 0 Å². The second-order valence-corrected chi connectivity index (χ2v) is 5.63. The molecule has 0 bridgehead atoms. The van der Waals surface area contributed by atoms with Crippen LogP contribution >= 0.6 is 0 Å². The molecule has 6 nitrogen and oxygen atoms in total. The third-order valence-corrected chi connectivity index (χ3v) is 2.94. The quantitative estimate of drug-likeness (QED) is 0.590. The average Bonchev–Trinajstić information content (AvgIpc) is 2.33. The van der Waals surface area contributed by atoms with Gasteiger partial charge in [0.1, 0.15) is 0 Å². The summed E-state index contributed by atoms with van der Waals surface area (Å²) in [6.45, 7) is 9.57. The summed E-state index contributed by atoms with van der Waals surface area (Å²) in [6.07, 6.45) is 1.50. The number of aliphatic hydroxyl groups is 1. The number of aliphatic hydroxyl groups excluding tert-OH is 1. The lowest BCUT2D eigenvalue weighted by Gasteiger charge is -2.25. The number of carbonyl (C=O) groups is 2. The molecule has 0 spiro atoms. The van der Waals surface area contributed by atoms with Gasteiger partial charge in [-0.3, -0.25) is 15.0 Å². The molecule has 6 heteroatoms. The minimum Gasteiger partial charge on any atom is -0.396 e. The maximum Gasteiger partial charge on any atom is 0.321 e. The summed E-state index contributed by atoms with van der Waals surface area (Å²) in [5.74, 6) is 0.194. The average molecular weight is 287 g/mol. The van der Waals surface area contributed by atoms with Crippen molar-refractivity contribution in [2.24, 2.45) is 5.92 Å². The standard InChI is InChI=1S/C14H29N3O3/c1-11(2)6-7-15-14(20)16-13(19)10-17(12(3)4)8-5-9-18/h11-12,18H,5-10H2,1-4H3,(H2,15,16,19,20). The third kappa shape index (κ3) is 9.75. The number of carbonyl (C=O) groups excluding carboxylic acids is 2. The first kappa shape index (κ1) is 18.9. The number of amides is 3. The largest absolute Gasteiger partial charge is 0.396 e. The summed E-state index contributed by atoms with van der Waals surface area (Å²) < 4.78 is 0. The lowest BCUT2D eigenvalue weighted by molar-refractivity contribution is -0.121. The van der Waals surface area contributed by atoms with E-state index in [1.807, 2.05) is 18.7 Å². The van der Waals surface area contributed by atoms with E-state index >= 15 is 0 Å². The topological polar surface area (TPSA) is 81.7 Å². The minimum absolute atomic E-state index is 0.0977. The van der Waals surface area contributed by atoms with Gasteiger partial charge in [-0.2, -0.15) is 0 Å². The summed E-state index contributed by atoms with van der Waals surface area (Å²) in [6, 6.07) is -0.252. The molecule has 0 aromatic heterocycles. The van der Waals surface area contributed by atoms with Crippen LogP contribution in [0.4, 0.5) is 4.79 Å². The van der Waals surface area contributed by atoms with Gasteiger partial charge in [-0.1, -0.05) is 13.8 Å². The maximum absolute atomic E-state index is 11.8. The van der Waals surface area contributed by atoms with Crippen LogP contribution in [0, 0.1) is 5.92 Å². The molecule has 3 N–H and O–H groups in total. The van der Waals surface area contributed by atoms with Crippen LogP contribution in [-0.2, 0) is 4.79 Å². The minimum atomic E-state index is -0.443. The first-order chi connectivity index (χ1) is 9.36. The van der Waals surface area contributed by atoms with E-state index in [0.717, 1.165) is 6.42 Å². The predicted molar refractivity (Wildman–Crippen MR) is 79.4 cm³/mol. The van der Waals surface area contributed by atoms with Gasteiger partial charge in [0.2, 0.25) is 5.91 Å². The van der Waals surface area contributed by atoms with Crippen molar-refractivity contribution in [1.29, 1.82) is 0 Å². The van der Waals surface area contributed by atoms with Gasteiger partial charge in [-0.25, -0.2) is 4.79 Å². The van der Waals surface area contributed by atoms with Gasteiger partial charge < -0.3 is 10.4 Å². The Morgan fingerprint density at radius 1 is 1.20 bits per heavy atom. The third-order valence-electron chi connectivity index (χ3n) is 2.94. The molecule has 3 amide bonds. The molecule has 118 valence electrons. The molecule has 0 saturated carbocycles. The highest BCUT2D eigenvalue weighted by molar-refractivity contribution is 5.95. The fourth-order valence-corrected chi connectivity index (χ4v) is 1.66. The molecule has 0 rings (SSSR count). The van der Waals surface area contributed by atoms with Crippen molar-refractivity contribution in [3.63, 3.8) is 0 Å². The Morgan fingerprint density at radius 3 is 2.35 bits per heavy atom. The van der Waals surface area contributed by atoms with E-state index in [0.29, 0.717) is 25.4 Å². The second-order valence-electron chi connectivity index (χ2n) is 5.63. The number of hydrogen-bond donors (Lipinski definition) is 3. The number of hydrogen-bond acceptors (Lipinski definition) is 4. The van der Waals surface area contributed by atoms with E-state index < -0.39 is 6.03 Å². The van der Waals surface area contributed by atoms with Gasteiger partial charge in [0.05, 0.1) is 6.54 Å². The first-order valence-electron chi connectivity index (χ1n) is 7.29. The van der Waals surface area contributed by atoms with Crippen molar-refractivity contribution < 1.29 is 14.7 Å². The van der Waals surface area contributed by atoms with Crippen LogP contribution in [0.1, 0.15) is 40.5 Å². The van der Waals surface area contributed by atoms with E-state index in [4.69, 9.17) is 5.11 Å². The van der Waals surface area contributed by atoms with Gasteiger partial charge in [0, 0.05) is 25.7 Å². The monoisotopic (exact) mass is 287 g/mol. The molecule has 0 aliphatic carbocycles. The molecule has 20 heavy (non-hydrogen) atoms. The molecule has 0 fully saturated rings. The predicted octanol–water partition coefficient (Wildman–Crippen LogP) is 0.951. The molecule has 0 radical (unpaired) electrons. The van der Waals surface area contributed by atoms with Crippen molar-refractivity contribution in [1.82, 2.24) is 15.5 Å². The summed E-state index contributed by atoms with van der Waals surface area (Å²) in [5, 5.41) is 13.8. The SMILES string of the molecule is CC(C)CCNC(=O)NC(=O)CN(CCCO)C(C)C. The highest BCUT2D eigenvalue weighted by Crippen LogP contribution is 1.99. The van der Waals surface area contributed by atoms with Crippen LogP contribution in [0.3, 0.4) is 0 Å². The fourth-order valence-electron chi connectivity index (χ4n) is 1.66. The zero-order valence-electron chi connectivity index (χ0n) is 13.1. The molecule has 0 saturated heterocycles. The summed E-state index contributed by atoms with van der Waals surface area (Å²) in [5.41, 5.74) is 0. The molecule has 0 aliphatic heterocycles. The van der Waals surface area contributed by atoms with E-state index in [1.165, 1.54) is 0 Å². The number of urea groups is 1. The van der Waals surface area contributed by atoms with E-state index in [-0.39, 0.29) is 25.1 Å². The van der Waals surface area contributed by atoms with Crippen LogP contribution < -0.4 is 10.6 Å². The Morgan fingerprint density at radius 2 is 1.85 bits per heavy atom. The number of imide groups is 1. The van der Waals surface area contributed by atoms with E-state index in [2.05, 4.69) is 24.5 Å². The van der Waals surface area contributed by atoms with Crippen LogP contribution in [0.25, 0.3) is 0 Å². The van der Waals surface area contributed by atoms with Crippen LogP contribution in [0.15, 0.2) is 0 Å². The van der Waals surface area contributed by atoms with Gasteiger partial charge in [0.25, 0.3) is 0 Å². The lowest BCUT2D eigenvalue weighted by atomic mass is 10.1. The van der Waals surface area contributed by atoms with Gasteiger partial charge in [-0.05, 0) is 32.6 Å². The van der Waals surface area contributed by atoms with Crippen molar-refractivity contribution >= 4 is 11.9 Å². The Kier molecular flexibility index (Phi) is 10.0. The van der Waals surface area contributed by atoms with E-state index in [1.54, 1.807) is 0 Å². The van der Waals surface area contributed by atoms with Crippen molar-refractivity contribution in [2.45, 2.75) is 46.6 Å². The Hall–Kier alpha value is -1.14. The molecule has 0 aromatic carbocycles. The normalized spacial score (nSPS) is 11.2. The Labute approximate surface area is 121 Å². The molecule has 0 aliphatic rings. The Bertz CT molecular complexity index is 293. The smallest absolute Gasteiger partial charge is 0.321 e. The molecule has 0 unspecified atom stereocenters. The zero-order chi connectivity index (χ0) is 15.5. The van der Waals surface area contributed by atoms with Crippen LogP contribution in [-0.4, -0.2) is 54.2 Å². The first-order valence-corrected chi connectivity index (χ1v) is 7.29. The summed E-state index contributed by atoms with van der Waals surface area (Å²) >= 11 is 0. The fraction of sp³-hybridized carbons (Fsp3) is 0.857. The van der Waals surface area contributed by atoms with Crippen LogP contribution in [0.2, 0.25) is 0 Å². The lowest BCUT2D eigenvalue weighted by Crippen LogP contribution is -2.46. The molecule has 0 atom stereocenters. The molecule has 0 heterocycles. The van der Waals surface area contributed by atoms with Gasteiger partial charge in [-0.15, -0.1) is 0 Å². The van der Waals surface area contributed by atoms with Crippen molar-refractivity contribution in [3.8, 4) is 0 Å². The van der Waals surface area contributed by atoms with Gasteiger partial charge >= 0.3 is 6.03 Å². The zero-order valence-corrected chi connectivity index (χ0v) is 13.1. The Balaban J connectivity index is 4.02. The number of nitrogens with zero attached hydrogens (tertiary/aromatic N) is 1. The molecule has 0 aromatic rings. The maximum atomic E-state index is 11.8. The summed E-state index contributed by atoms with van der Waals surface area (Å²) in [7, 11) is 0. The number of nitrogens with one attached hydrogen (secondary N) is 2.